The summed E-state index contributed by atoms with van der Waals surface area (Å²) in [4.78, 5) is 23.6. The van der Waals surface area contributed by atoms with Crippen LogP contribution in [0.3, 0.4) is 0 Å². The molecule has 0 aromatic heterocycles. The highest BCUT2D eigenvalue weighted by Crippen LogP contribution is 2.43. The number of rotatable bonds is 9. The predicted molar refractivity (Wildman–Crippen MR) is 152 cm³/mol. The normalized spacial score (nSPS) is 47.5. The van der Waals surface area contributed by atoms with Crippen LogP contribution in [0, 0.1) is 11.8 Å². The fraction of sp³-hybridized carbons (Fsp3) is 0.933. The molecule has 270 valence electrons. The third-order valence-electron chi connectivity index (χ3n) is 10.0. The summed E-state index contributed by atoms with van der Waals surface area (Å²) >= 11 is 0. The van der Waals surface area contributed by atoms with Gasteiger partial charge in [0, 0.05) is 5.92 Å². The minimum absolute atomic E-state index is 0.0748. The maximum atomic E-state index is 12.1. The molecule has 5 fully saturated rings. The molecule has 3 aliphatic heterocycles. The van der Waals surface area contributed by atoms with Crippen LogP contribution in [0.2, 0.25) is 0 Å². The summed E-state index contributed by atoms with van der Waals surface area (Å²) in [6, 6.07) is 0. The minimum atomic E-state index is -1.78. The molecule has 0 aromatic rings. The van der Waals surface area contributed by atoms with Crippen LogP contribution in [0.15, 0.2) is 0 Å². The molecule has 47 heavy (non-hydrogen) atoms. The van der Waals surface area contributed by atoms with Gasteiger partial charge in [-0.05, 0) is 50.9 Å². The highest BCUT2D eigenvalue weighted by molar-refractivity contribution is 5.91. The predicted octanol–water partition coefficient (Wildman–Crippen LogP) is -3.41. The third kappa shape index (κ3) is 8.60. The van der Waals surface area contributed by atoms with Crippen molar-refractivity contribution in [1.29, 1.82) is 0 Å². The molecule has 3 saturated heterocycles. The Morgan fingerprint density at radius 3 is 2.15 bits per heavy atom. The number of ether oxygens (including phenoxy) is 7. The van der Waals surface area contributed by atoms with Crippen LogP contribution in [-0.4, -0.2) is 165 Å². The first-order valence-electron chi connectivity index (χ1n) is 16.3. The van der Waals surface area contributed by atoms with Crippen molar-refractivity contribution in [2.45, 2.75) is 143 Å². The first kappa shape index (κ1) is 36.7. The zero-order valence-electron chi connectivity index (χ0n) is 26.1. The molecule has 2 aliphatic carbocycles. The topological polar surface area (TPSA) is 261 Å². The van der Waals surface area contributed by atoms with Gasteiger partial charge in [-0.25, -0.2) is 0 Å². The van der Waals surface area contributed by atoms with Crippen LogP contribution in [0.1, 0.15) is 51.4 Å². The highest BCUT2D eigenvalue weighted by atomic mass is 16.8. The molecule has 0 bridgehead atoms. The molecule has 15 atom stereocenters. The molecule has 5 aliphatic rings. The van der Waals surface area contributed by atoms with Crippen molar-refractivity contribution < 1.29 is 83.6 Å². The second-order valence-corrected chi connectivity index (χ2v) is 13.3. The van der Waals surface area contributed by atoms with Crippen LogP contribution in [0.5, 0.6) is 0 Å². The Morgan fingerprint density at radius 1 is 0.723 bits per heavy atom. The third-order valence-corrected chi connectivity index (χ3v) is 10.0. The van der Waals surface area contributed by atoms with Crippen LogP contribution >= 0.6 is 0 Å². The fourth-order valence-corrected chi connectivity index (χ4v) is 7.32. The summed E-state index contributed by atoms with van der Waals surface area (Å²) in [7, 11) is 1.10. The molecule has 0 amide bonds. The smallest absolute Gasteiger partial charge is 0.317 e. The van der Waals surface area contributed by atoms with Gasteiger partial charge in [-0.15, -0.1) is 0 Å². The Morgan fingerprint density at radius 2 is 1.45 bits per heavy atom. The second-order valence-electron chi connectivity index (χ2n) is 13.3. The van der Waals surface area contributed by atoms with E-state index in [9.17, 15) is 50.4 Å². The number of aliphatic hydroxyl groups is 8. The molecule has 5 rings (SSSR count). The van der Waals surface area contributed by atoms with E-state index < -0.39 is 129 Å². The maximum absolute atomic E-state index is 12.1. The van der Waals surface area contributed by atoms with Crippen LogP contribution < -0.4 is 0 Å². The molecular formula is C30H48O17. The van der Waals surface area contributed by atoms with E-state index in [2.05, 4.69) is 4.74 Å². The Labute approximate surface area is 271 Å². The summed E-state index contributed by atoms with van der Waals surface area (Å²) in [5.74, 6) is -2.30. The summed E-state index contributed by atoms with van der Waals surface area (Å²) in [5, 5.41) is 84.2. The van der Waals surface area contributed by atoms with Crippen molar-refractivity contribution in [3.8, 4) is 0 Å². The average Bonchev–Trinajstić information content (AvgIpc) is 3.04. The number of fused-ring (bicyclic) bond motifs is 1. The number of carbonyl (C=O) groups excluding carboxylic acids is 2. The lowest BCUT2D eigenvalue weighted by molar-refractivity contribution is -0.371. The van der Waals surface area contributed by atoms with Gasteiger partial charge in [-0.2, -0.15) is 0 Å². The molecule has 0 aromatic carbocycles. The van der Waals surface area contributed by atoms with Crippen LogP contribution in [-0.2, 0) is 42.7 Å². The molecule has 0 radical (unpaired) electrons. The quantitative estimate of drug-likeness (QED) is 0.0871. The molecule has 0 spiro atoms. The molecule has 17 nitrogen and oxygen atoms in total. The van der Waals surface area contributed by atoms with E-state index in [1.807, 2.05) is 0 Å². The summed E-state index contributed by atoms with van der Waals surface area (Å²) in [6.45, 7) is -1.00. The lowest BCUT2D eigenvalue weighted by atomic mass is 9.73. The Balaban J connectivity index is 1.38. The zero-order valence-corrected chi connectivity index (χ0v) is 26.1. The van der Waals surface area contributed by atoms with Crippen molar-refractivity contribution in [2.24, 2.45) is 11.8 Å². The highest BCUT2D eigenvalue weighted by Gasteiger charge is 2.53. The Bertz CT molecular complexity index is 1040. The first-order valence-corrected chi connectivity index (χ1v) is 16.3. The molecule has 17 heteroatoms. The van der Waals surface area contributed by atoms with Crippen LogP contribution in [0.4, 0.5) is 0 Å². The van der Waals surface area contributed by atoms with E-state index in [-0.39, 0.29) is 18.8 Å². The van der Waals surface area contributed by atoms with E-state index in [0.29, 0.717) is 32.1 Å². The van der Waals surface area contributed by atoms with E-state index in [4.69, 9.17) is 28.4 Å². The summed E-state index contributed by atoms with van der Waals surface area (Å²) < 4.78 is 39.8. The number of hydrogen-bond acceptors (Lipinski definition) is 17. The number of carbonyl (C=O) groups is 2. The average molecular weight is 681 g/mol. The largest absolute Gasteiger partial charge is 0.469 e. The Hall–Kier alpha value is -1.58. The number of hydrogen-bond donors (Lipinski definition) is 8. The van der Waals surface area contributed by atoms with E-state index in [0.717, 1.165) is 7.11 Å². The lowest BCUT2D eigenvalue weighted by Gasteiger charge is -2.51. The van der Waals surface area contributed by atoms with E-state index in [1.54, 1.807) is 0 Å². The summed E-state index contributed by atoms with van der Waals surface area (Å²) in [5.41, 5.74) is 0. The van der Waals surface area contributed by atoms with Gasteiger partial charge >= 0.3 is 11.9 Å². The van der Waals surface area contributed by atoms with Crippen molar-refractivity contribution in [2.75, 3.05) is 20.3 Å². The zero-order chi connectivity index (χ0) is 34.0. The van der Waals surface area contributed by atoms with E-state index in [1.165, 1.54) is 0 Å². The number of esters is 2. The summed E-state index contributed by atoms with van der Waals surface area (Å²) in [6.07, 6.45) is -15.9. The SMILES string of the molecule is COC(=O)CC(=O)OCC1OC(OC2CC3C(O)CC(O)CC3OC2C2CCC(O)CC2)C(OC2OCC(O)C(O)C2O)C(O)C1O. The van der Waals surface area contributed by atoms with Crippen molar-refractivity contribution in [3.05, 3.63) is 0 Å². The van der Waals surface area contributed by atoms with Gasteiger partial charge in [0.2, 0.25) is 0 Å². The fourth-order valence-electron chi connectivity index (χ4n) is 7.32. The lowest BCUT2D eigenvalue weighted by Crippen LogP contribution is -2.65. The van der Waals surface area contributed by atoms with Gasteiger partial charge < -0.3 is 74.0 Å². The molecule has 8 N–H and O–H groups in total. The van der Waals surface area contributed by atoms with Gasteiger partial charge in [0.25, 0.3) is 0 Å². The second kappa shape index (κ2) is 16.0. The molecular weight excluding hydrogens is 632 g/mol. The number of aliphatic hydroxyl groups excluding tert-OH is 8. The first-order chi connectivity index (χ1) is 22.4. The van der Waals surface area contributed by atoms with Crippen molar-refractivity contribution in [1.82, 2.24) is 0 Å². The van der Waals surface area contributed by atoms with Gasteiger partial charge in [-0.3, -0.25) is 9.59 Å². The molecule has 2 saturated carbocycles. The monoisotopic (exact) mass is 680 g/mol. The van der Waals surface area contributed by atoms with Crippen LogP contribution in [0.25, 0.3) is 0 Å². The van der Waals surface area contributed by atoms with Gasteiger partial charge in [0.05, 0.1) is 50.3 Å². The van der Waals surface area contributed by atoms with Gasteiger partial charge in [0.1, 0.15) is 55.8 Å². The molecule has 15 unspecified atom stereocenters. The van der Waals surface area contributed by atoms with Gasteiger partial charge in [-0.1, -0.05) is 0 Å². The minimum Gasteiger partial charge on any atom is -0.469 e. The maximum Gasteiger partial charge on any atom is 0.317 e. The van der Waals surface area contributed by atoms with Crippen molar-refractivity contribution >= 4 is 11.9 Å². The van der Waals surface area contributed by atoms with E-state index >= 15 is 0 Å². The standard InChI is InChI=1S/C30H48O17/c1-41-21(35)9-22(36)42-11-20-24(38)25(39)28(47-29-26(40)23(37)17(34)10-43-29)30(46-20)45-19-8-15-16(33)6-14(32)7-18(15)44-27(19)12-2-4-13(31)5-3-12/h12-20,23-34,37-40H,2-11H2,1H3. The molecule has 3 heterocycles. The van der Waals surface area contributed by atoms with Crippen molar-refractivity contribution in [3.63, 3.8) is 0 Å². The Kier molecular flexibility index (Phi) is 12.5. The number of methoxy groups -OCH3 is 1. The van der Waals surface area contributed by atoms with Gasteiger partial charge in [0.15, 0.2) is 12.6 Å².